The number of hydrogen-bond acceptors (Lipinski definition) is 3. The molecule has 0 aliphatic heterocycles. The topological polar surface area (TPSA) is 53.3 Å². The third kappa shape index (κ3) is 1.92. The zero-order valence-corrected chi connectivity index (χ0v) is 10.9. The minimum absolute atomic E-state index is 0.145. The summed E-state index contributed by atoms with van der Waals surface area (Å²) in [5.41, 5.74) is 0.958. The predicted octanol–water partition coefficient (Wildman–Crippen LogP) is 2.27. The molecule has 1 aliphatic rings. The third-order valence-electron chi connectivity index (χ3n) is 3.37. The highest BCUT2D eigenvalue weighted by molar-refractivity contribution is 6.01. The maximum atomic E-state index is 12.3. The van der Waals surface area contributed by atoms with E-state index < -0.39 is 5.41 Å². The maximum Gasteiger partial charge on any atom is 0.247 e. The molecule has 0 N–H and O–H groups in total. The molecule has 94 valence electrons. The van der Waals surface area contributed by atoms with Gasteiger partial charge in [0.1, 0.15) is 11.2 Å². The van der Waals surface area contributed by atoms with Gasteiger partial charge < -0.3 is 9.64 Å². The van der Waals surface area contributed by atoms with E-state index in [0.29, 0.717) is 24.3 Å². The Hall–Kier alpha value is -2.02. The van der Waals surface area contributed by atoms with Crippen LogP contribution >= 0.6 is 0 Å². The fourth-order valence-corrected chi connectivity index (χ4v) is 1.99. The van der Waals surface area contributed by atoms with Crippen LogP contribution in [0.2, 0.25) is 0 Å². The summed E-state index contributed by atoms with van der Waals surface area (Å²) in [4.78, 5) is 13.8. The van der Waals surface area contributed by atoms with Gasteiger partial charge in [-0.3, -0.25) is 4.79 Å². The van der Waals surface area contributed by atoms with E-state index in [-0.39, 0.29) is 5.91 Å². The van der Waals surface area contributed by atoms with Crippen LogP contribution in [0.15, 0.2) is 18.2 Å². The second-order valence-electron chi connectivity index (χ2n) is 4.73. The molecule has 0 spiro atoms. The van der Waals surface area contributed by atoms with Gasteiger partial charge >= 0.3 is 0 Å². The molecule has 0 atom stereocenters. The molecule has 1 amide bonds. The van der Waals surface area contributed by atoms with Crippen molar-refractivity contribution in [1.29, 1.82) is 5.26 Å². The van der Waals surface area contributed by atoms with Gasteiger partial charge in [0.25, 0.3) is 0 Å². The summed E-state index contributed by atoms with van der Waals surface area (Å²) in [6, 6.07) is 7.78. The van der Waals surface area contributed by atoms with E-state index in [2.05, 4.69) is 6.07 Å². The Morgan fingerprint density at radius 3 is 2.67 bits per heavy atom. The lowest BCUT2D eigenvalue weighted by Crippen LogP contribution is -2.33. The van der Waals surface area contributed by atoms with E-state index in [1.807, 2.05) is 25.1 Å². The van der Waals surface area contributed by atoms with E-state index in [4.69, 9.17) is 10.00 Å². The molecular weight excluding hydrogens is 228 g/mol. The molecule has 1 fully saturated rings. The first kappa shape index (κ1) is 12.4. The van der Waals surface area contributed by atoms with Gasteiger partial charge in [-0.15, -0.1) is 0 Å². The molecule has 18 heavy (non-hydrogen) atoms. The fraction of sp³-hybridized carbons (Fsp3) is 0.429. The van der Waals surface area contributed by atoms with Crippen LogP contribution in [-0.4, -0.2) is 20.1 Å². The number of aryl methyl sites for hydroxylation is 1. The summed E-state index contributed by atoms with van der Waals surface area (Å²) in [5.74, 6) is 0.499. The standard InChI is InChI=1S/C14H16N2O2/c1-10-4-5-12(18-3)11(8-10)16(2)13(17)14(9-15)6-7-14/h4-5,8H,6-7H2,1-3H3. The van der Waals surface area contributed by atoms with Gasteiger partial charge in [0, 0.05) is 7.05 Å². The van der Waals surface area contributed by atoms with Gasteiger partial charge in [-0.1, -0.05) is 6.07 Å². The first-order chi connectivity index (χ1) is 8.54. The van der Waals surface area contributed by atoms with Crippen LogP contribution in [-0.2, 0) is 4.79 Å². The number of nitrogens with zero attached hydrogens (tertiary/aromatic N) is 2. The lowest BCUT2D eigenvalue weighted by molar-refractivity contribution is -0.121. The zero-order chi connectivity index (χ0) is 13.3. The van der Waals surface area contributed by atoms with Gasteiger partial charge in [-0.25, -0.2) is 0 Å². The molecule has 0 aromatic heterocycles. The molecule has 0 unspecified atom stereocenters. The lowest BCUT2D eigenvalue weighted by atomic mass is 10.1. The summed E-state index contributed by atoms with van der Waals surface area (Å²) in [7, 11) is 3.26. The van der Waals surface area contributed by atoms with Crippen LogP contribution in [0, 0.1) is 23.7 Å². The Labute approximate surface area is 107 Å². The van der Waals surface area contributed by atoms with Crippen molar-refractivity contribution in [2.45, 2.75) is 19.8 Å². The molecule has 0 bridgehead atoms. The number of benzene rings is 1. The summed E-state index contributed by atoms with van der Waals surface area (Å²) in [5, 5.41) is 9.08. The number of methoxy groups -OCH3 is 1. The molecule has 4 heteroatoms. The van der Waals surface area contributed by atoms with Crippen LogP contribution in [0.3, 0.4) is 0 Å². The lowest BCUT2D eigenvalue weighted by Gasteiger charge is -2.22. The van der Waals surface area contributed by atoms with E-state index in [1.165, 1.54) is 4.90 Å². The molecule has 1 aromatic carbocycles. The SMILES string of the molecule is COc1ccc(C)cc1N(C)C(=O)C1(C#N)CC1. The van der Waals surface area contributed by atoms with E-state index in [1.54, 1.807) is 14.2 Å². The highest BCUT2D eigenvalue weighted by atomic mass is 16.5. The molecule has 4 nitrogen and oxygen atoms in total. The van der Waals surface area contributed by atoms with Crippen molar-refractivity contribution in [1.82, 2.24) is 0 Å². The van der Waals surface area contributed by atoms with E-state index in [0.717, 1.165) is 5.56 Å². The second kappa shape index (κ2) is 4.34. The zero-order valence-electron chi connectivity index (χ0n) is 10.9. The number of hydrogen-bond donors (Lipinski definition) is 0. The van der Waals surface area contributed by atoms with Crippen LogP contribution in [0.5, 0.6) is 5.75 Å². The smallest absolute Gasteiger partial charge is 0.247 e. The van der Waals surface area contributed by atoms with Crippen LogP contribution in [0.4, 0.5) is 5.69 Å². The van der Waals surface area contributed by atoms with Crippen molar-refractivity contribution in [2.75, 3.05) is 19.1 Å². The molecule has 1 aromatic rings. The molecular formula is C14H16N2O2. The first-order valence-corrected chi connectivity index (χ1v) is 5.88. The number of carbonyl (C=O) groups excluding carboxylic acids is 1. The Balaban J connectivity index is 2.34. The summed E-state index contributed by atoms with van der Waals surface area (Å²) < 4.78 is 5.26. The van der Waals surface area contributed by atoms with Crippen molar-refractivity contribution in [2.24, 2.45) is 5.41 Å². The predicted molar refractivity (Wildman–Crippen MR) is 68.4 cm³/mol. The minimum Gasteiger partial charge on any atom is -0.495 e. The fourth-order valence-electron chi connectivity index (χ4n) is 1.99. The highest BCUT2D eigenvalue weighted by Gasteiger charge is 2.52. The normalized spacial score (nSPS) is 15.7. The van der Waals surface area contributed by atoms with E-state index in [9.17, 15) is 4.79 Å². The highest BCUT2D eigenvalue weighted by Crippen LogP contribution is 2.47. The van der Waals surface area contributed by atoms with Gasteiger partial charge in [-0.05, 0) is 37.5 Å². The number of ether oxygens (including phenoxy) is 1. The summed E-state index contributed by atoms with van der Waals surface area (Å²) >= 11 is 0. The summed E-state index contributed by atoms with van der Waals surface area (Å²) in [6.45, 7) is 1.96. The minimum atomic E-state index is -0.802. The molecule has 0 heterocycles. The second-order valence-corrected chi connectivity index (χ2v) is 4.73. The van der Waals surface area contributed by atoms with Crippen LogP contribution in [0.1, 0.15) is 18.4 Å². The Kier molecular flexibility index (Phi) is 3.00. The van der Waals surface area contributed by atoms with Gasteiger partial charge in [0.05, 0.1) is 18.9 Å². The number of carbonyl (C=O) groups is 1. The van der Waals surface area contributed by atoms with Crippen molar-refractivity contribution in [3.8, 4) is 11.8 Å². The van der Waals surface area contributed by atoms with Gasteiger partial charge in [0.15, 0.2) is 0 Å². The molecule has 0 saturated heterocycles. The molecule has 1 saturated carbocycles. The first-order valence-electron chi connectivity index (χ1n) is 5.88. The number of nitriles is 1. The Morgan fingerprint density at radius 1 is 1.50 bits per heavy atom. The van der Waals surface area contributed by atoms with Crippen molar-refractivity contribution >= 4 is 11.6 Å². The average Bonchev–Trinajstić information content (AvgIpc) is 3.18. The maximum absolute atomic E-state index is 12.3. The van der Waals surface area contributed by atoms with Gasteiger partial charge in [-0.2, -0.15) is 5.26 Å². The Morgan fingerprint density at radius 2 is 2.17 bits per heavy atom. The number of amides is 1. The van der Waals surface area contributed by atoms with E-state index >= 15 is 0 Å². The monoisotopic (exact) mass is 244 g/mol. The molecule has 2 rings (SSSR count). The third-order valence-corrected chi connectivity index (χ3v) is 3.37. The molecule has 1 aliphatic carbocycles. The summed E-state index contributed by atoms with van der Waals surface area (Å²) in [6.07, 6.45) is 1.31. The van der Waals surface area contributed by atoms with Crippen molar-refractivity contribution in [3.63, 3.8) is 0 Å². The quantitative estimate of drug-likeness (QED) is 0.819. The number of anilines is 1. The van der Waals surface area contributed by atoms with Crippen LogP contribution < -0.4 is 9.64 Å². The average molecular weight is 244 g/mol. The molecule has 0 radical (unpaired) electrons. The van der Waals surface area contributed by atoms with Crippen molar-refractivity contribution < 1.29 is 9.53 Å². The van der Waals surface area contributed by atoms with Crippen LogP contribution in [0.25, 0.3) is 0 Å². The van der Waals surface area contributed by atoms with Gasteiger partial charge in [0.2, 0.25) is 5.91 Å². The van der Waals surface area contributed by atoms with Crippen molar-refractivity contribution in [3.05, 3.63) is 23.8 Å². The number of rotatable bonds is 3. The largest absolute Gasteiger partial charge is 0.495 e. The Bertz CT molecular complexity index is 527.